The summed E-state index contributed by atoms with van der Waals surface area (Å²) in [5.74, 6) is 0. The fraction of sp³-hybridized carbons (Fsp3) is 0.400. The first-order chi connectivity index (χ1) is 5.18. The molecule has 12 heavy (non-hydrogen) atoms. The van der Waals surface area contributed by atoms with E-state index in [1.165, 1.54) is 26.5 Å². The summed E-state index contributed by atoms with van der Waals surface area (Å²) in [4.78, 5) is 2.90. The van der Waals surface area contributed by atoms with Gasteiger partial charge in [-0.3, -0.25) is 0 Å². The van der Waals surface area contributed by atoms with Gasteiger partial charge in [-0.05, 0) is 6.92 Å². The molecule has 61 valence electrons. The molecule has 0 fully saturated rings. The second-order valence-electron chi connectivity index (χ2n) is 3.15. The van der Waals surface area contributed by atoms with E-state index in [1.807, 2.05) is 11.3 Å². The average molecular weight is 252 g/mol. The van der Waals surface area contributed by atoms with Crippen molar-refractivity contribution in [1.29, 1.82) is 0 Å². The van der Waals surface area contributed by atoms with Gasteiger partial charge in [-0.1, -0.05) is 30.0 Å². The van der Waals surface area contributed by atoms with Crippen molar-refractivity contribution in [2.24, 2.45) is 0 Å². The number of fused-ring (bicyclic) bond motifs is 1. The average Bonchev–Trinajstić information content (AvgIpc) is 2.38. The molecule has 1 radical (unpaired) electrons. The molecule has 0 nitrogen and oxygen atoms in total. The molecular formula is C10H11SY-. The topological polar surface area (TPSA) is 0 Å². The van der Waals surface area contributed by atoms with Crippen LogP contribution < -0.4 is 0 Å². The van der Waals surface area contributed by atoms with Crippen LogP contribution in [-0.2, 0) is 39.1 Å². The van der Waals surface area contributed by atoms with Crippen LogP contribution in [0.1, 0.15) is 27.8 Å². The summed E-state index contributed by atoms with van der Waals surface area (Å²) < 4.78 is 0. The first-order valence-corrected chi connectivity index (χ1v) is 4.68. The zero-order valence-corrected chi connectivity index (χ0v) is 11.3. The van der Waals surface area contributed by atoms with Crippen molar-refractivity contribution in [2.45, 2.75) is 27.2 Å². The number of hydrogen-bond acceptors (Lipinski definition) is 1. The molecule has 1 heterocycles. The minimum atomic E-state index is 0. The largest absolute Gasteiger partial charge is 0.227 e. The van der Waals surface area contributed by atoms with Crippen LogP contribution in [0.5, 0.6) is 0 Å². The van der Waals surface area contributed by atoms with Crippen LogP contribution in [0.15, 0.2) is 5.57 Å². The molecule has 1 aliphatic carbocycles. The fourth-order valence-corrected chi connectivity index (χ4v) is 2.66. The Balaban J connectivity index is 0.000000720. The van der Waals surface area contributed by atoms with Crippen LogP contribution in [0.2, 0.25) is 0 Å². The van der Waals surface area contributed by atoms with E-state index in [0.717, 1.165) is 6.42 Å². The third-order valence-electron chi connectivity index (χ3n) is 2.17. The zero-order chi connectivity index (χ0) is 8.01. The molecule has 1 aromatic heterocycles. The number of hydrogen-bond donors (Lipinski definition) is 0. The maximum atomic E-state index is 3.41. The van der Waals surface area contributed by atoms with Gasteiger partial charge in [0.05, 0.1) is 0 Å². The van der Waals surface area contributed by atoms with E-state index in [1.54, 1.807) is 0 Å². The van der Waals surface area contributed by atoms with Crippen molar-refractivity contribution in [1.82, 2.24) is 0 Å². The smallest absolute Gasteiger partial charge is 0 e. The van der Waals surface area contributed by atoms with Crippen molar-refractivity contribution < 1.29 is 32.7 Å². The van der Waals surface area contributed by atoms with Gasteiger partial charge in [0.2, 0.25) is 0 Å². The van der Waals surface area contributed by atoms with Crippen molar-refractivity contribution in [2.75, 3.05) is 0 Å². The summed E-state index contributed by atoms with van der Waals surface area (Å²) in [7, 11) is 0. The van der Waals surface area contributed by atoms with E-state index in [9.17, 15) is 0 Å². The summed E-state index contributed by atoms with van der Waals surface area (Å²) in [6.07, 6.45) is 4.54. The Kier molecular flexibility index (Phi) is 3.30. The van der Waals surface area contributed by atoms with Gasteiger partial charge in [0.1, 0.15) is 0 Å². The van der Waals surface area contributed by atoms with Gasteiger partial charge in [0.25, 0.3) is 0 Å². The minimum Gasteiger partial charge on any atom is -0.227 e. The third kappa shape index (κ3) is 1.59. The molecule has 1 aliphatic rings. The molecule has 0 aromatic carbocycles. The second kappa shape index (κ2) is 3.73. The predicted octanol–water partition coefficient (Wildman–Crippen LogP) is 3.02. The molecule has 0 unspecified atom stereocenters. The number of aryl methyl sites for hydroxylation is 2. The van der Waals surface area contributed by atoms with Crippen LogP contribution >= 0.6 is 11.3 Å². The van der Waals surface area contributed by atoms with Crippen LogP contribution in [0.3, 0.4) is 0 Å². The Hall–Kier alpha value is 0.544. The number of thiophene rings is 1. The third-order valence-corrected chi connectivity index (χ3v) is 3.23. The predicted molar refractivity (Wildman–Crippen MR) is 49.0 cm³/mol. The summed E-state index contributed by atoms with van der Waals surface area (Å²) >= 11 is 1.90. The van der Waals surface area contributed by atoms with E-state index in [4.69, 9.17) is 0 Å². The first-order valence-electron chi connectivity index (χ1n) is 3.87. The van der Waals surface area contributed by atoms with Crippen molar-refractivity contribution >= 4 is 11.3 Å². The van der Waals surface area contributed by atoms with Gasteiger partial charge >= 0.3 is 0 Å². The van der Waals surface area contributed by atoms with Crippen molar-refractivity contribution in [3.63, 3.8) is 0 Å². The number of rotatable bonds is 0. The maximum absolute atomic E-state index is 3.41. The van der Waals surface area contributed by atoms with Gasteiger partial charge in [-0.2, -0.15) is 11.6 Å². The van der Waals surface area contributed by atoms with E-state index in [2.05, 4.69) is 26.8 Å². The zero-order valence-electron chi connectivity index (χ0n) is 7.69. The minimum absolute atomic E-state index is 0. The Morgan fingerprint density at radius 2 is 1.83 bits per heavy atom. The van der Waals surface area contributed by atoms with Gasteiger partial charge < -0.3 is 0 Å². The van der Waals surface area contributed by atoms with Gasteiger partial charge in [-0.15, -0.1) is 11.1 Å². The van der Waals surface area contributed by atoms with Crippen LogP contribution in [0.4, 0.5) is 0 Å². The molecule has 2 rings (SSSR count). The van der Waals surface area contributed by atoms with Crippen LogP contribution in [-0.4, -0.2) is 0 Å². The van der Waals surface area contributed by atoms with E-state index in [0.29, 0.717) is 0 Å². The summed E-state index contributed by atoms with van der Waals surface area (Å²) in [5.41, 5.74) is 4.28. The monoisotopic (exact) mass is 252 g/mol. The molecular weight excluding hydrogens is 241 g/mol. The number of allylic oxidation sites excluding steroid dienone is 1. The molecule has 0 aliphatic heterocycles. The molecule has 0 saturated heterocycles. The van der Waals surface area contributed by atoms with Crippen LogP contribution in [0, 0.1) is 19.9 Å². The Morgan fingerprint density at radius 1 is 1.17 bits per heavy atom. The Bertz CT molecular complexity index is 334. The first kappa shape index (κ1) is 10.6. The fourth-order valence-electron chi connectivity index (χ4n) is 1.63. The normalized spacial score (nSPS) is 13.8. The Morgan fingerprint density at radius 3 is 2.42 bits per heavy atom. The Labute approximate surface area is 103 Å². The van der Waals surface area contributed by atoms with E-state index >= 15 is 0 Å². The van der Waals surface area contributed by atoms with Crippen molar-refractivity contribution in [3.05, 3.63) is 32.5 Å². The molecule has 2 heteroatoms. The van der Waals surface area contributed by atoms with Gasteiger partial charge in [-0.25, -0.2) is 11.3 Å². The summed E-state index contributed by atoms with van der Waals surface area (Å²) in [6, 6.07) is 0. The van der Waals surface area contributed by atoms with Gasteiger partial charge in [0.15, 0.2) is 0 Å². The van der Waals surface area contributed by atoms with E-state index in [-0.39, 0.29) is 32.7 Å². The van der Waals surface area contributed by atoms with Gasteiger partial charge in [0, 0.05) is 32.7 Å². The summed E-state index contributed by atoms with van der Waals surface area (Å²) in [6.45, 7) is 6.54. The summed E-state index contributed by atoms with van der Waals surface area (Å²) in [5, 5.41) is 0. The molecule has 0 spiro atoms. The van der Waals surface area contributed by atoms with E-state index < -0.39 is 0 Å². The van der Waals surface area contributed by atoms with Crippen molar-refractivity contribution in [3.8, 4) is 0 Å². The molecule has 0 N–H and O–H groups in total. The quantitative estimate of drug-likeness (QED) is 0.622. The molecule has 0 saturated carbocycles. The van der Waals surface area contributed by atoms with Crippen LogP contribution in [0.25, 0.3) is 0 Å². The SMILES string of the molecule is CC1=[C-]c2c(C)sc(C)c2C1.[Y]. The molecule has 1 aromatic rings. The molecule has 0 amide bonds. The maximum Gasteiger partial charge on any atom is 0 e. The standard InChI is InChI=1S/C10H11S.Y/c1-6-4-9-7(2)11-8(3)10(9)5-6;/h4H2,1-3H3;/q-1;. The molecule has 0 bridgehead atoms. The second-order valence-corrected chi connectivity index (χ2v) is 4.58. The molecule has 0 atom stereocenters.